The van der Waals surface area contributed by atoms with Gasteiger partial charge in [0.15, 0.2) is 0 Å². The predicted molar refractivity (Wildman–Crippen MR) is 89.4 cm³/mol. The molecule has 6 nitrogen and oxygen atoms in total. The Morgan fingerprint density at radius 1 is 1.14 bits per heavy atom. The van der Waals surface area contributed by atoms with Gasteiger partial charge >= 0.3 is 0 Å². The monoisotopic (exact) mass is 308 g/mol. The highest BCUT2D eigenvalue weighted by atomic mass is 32.2. The number of thioether (sulfide) groups is 1. The van der Waals surface area contributed by atoms with Crippen molar-refractivity contribution in [3.8, 4) is 0 Å². The van der Waals surface area contributed by atoms with Crippen LogP contribution in [0.15, 0.2) is 0 Å². The zero-order chi connectivity index (χ0) is 14.5. The Balaban J connectivity index is 1.70. The molecule has 7 heteroatoms. The second-order valence-corrected chi connectivity index (χ2v) is 6.77. The van der Waals surface area contributed by atoms with Gasteiger partial charge in [0, 0.05) is 26.2 Å². The Hall–Kier alpha value is -1.24. The zero-order valence-electron chi connectivity index (χ0n) is 12.6. The second-order valence-electron chi connectivity index (χ2n) is 5.62. The minimum atomic E-state index is 0.678. The number of hydrogen-bond acceptors (Lipinski definition) is 7. The van der Waals surface area contributed by atoms with Crippen molar-refractivity contribution in [1.29, 1.82) is 0 Å². The maximum Gasteiger partial charge on any atom is 0.231 e. The first-order valence-electron chi connectivity index (χ1n) is 7.91. The van der Waals surface area contributed by atoms with E-state index in [1.807, 2.05) is 11.8 Å². The summed E-state index contributed by atoms with van der Waals surface area (Å²) in [4.78, 5) is 15.9. The molecule has 21 heavy (non-hydrogen) atoms. The van der Waals surface area contributed by atoms with Gasteiger partial charge in [0.05, 0.1) is 0 Å². The summed E-state index contributed by atoms with van der Waals surface area (Å²) in [6.07, 6.45) is 3.75. The van der Waals surface area contributed by atoms with Gasteiger partial charge in [-0.05, 0) is 43.6 Å². The van der Waals surface area contributed by atoms with Crippen molar-refractivity contribution in [2.45, 2.75) is 26.2 Å². The number of aromatic nitrogens is 3. The highest BCUT2D eigenvalue weighted by Crippen LogP contribution is 2.24. The lowest BCUT2D eigenvalue weighted by Crippen LogP contribution is -2.23. The lowest BCUT2D eigenvalue weighted by Gasteiger charge is -2.17. The molecule has 0 spiro atoms. The molecule has 0 aliphatic carbocycles. The predicted octanol–water partition coefficient (Wildman–Crippen LogP) is 2.07. The molecule has 116 valence electrons. The Bertz CT molecular complexity index is 457. The van der Waals surface area contributed by atoms with Gasteiger partial charge in [-0.15, -0.1) is 0 Å². The highest BCUT2D eigenvalue weighted by molar-refractivity contribution is 7.99. The Morgan fingerprint density at radius 3 is 2.57 bits per heavy atom. The summed E-state index contributed by atoms with van der Waals surface area (Å²) in [5.74, 6) is 5.46. The fraction of sp³-hybridized carbons (Fsp3) is 0.786. The van der Waals surface area contributed by atoms with E-state index in [0.29, 0.717) is 11.9 Å². The van der Waals surface area contributed by atoms with Gasteiger partial charge in [-0.2, -0.15) is 26.7 Å². The van der Waals surface area contributed by atoms with Gasteiger partial charge in [-0.3, -0.25) is 0 Å². The van der Waals surface area contributed by atoms with Gasteiger partial charge in [0.25, 0.3) is 0 Å². The molecule has 2 saturated heterocycles. The molecule has 2 N–H and O–H groups in total. The minimum absolute atomic E-state index is 0.678. The van der Waals surface area contributed by atoms with Crippen LogP contribution in [0.5, 0.6) is 0 Å². The number of rotatable bonds is 6. The molecule has 0 bridgehead atoms. The largest absolute Gasteiger partial charge is 0.354 e. The van der Waals surface area contributed by atoms with E-state index in [1.165, 1.54) is 30.8 Å². The fourth-order valence-electron chi connectivity index (χ4n) is 2.72. The van der Waals surface area contributed by atoms with E-state index in [1.54, 1.807) is 0 Å². The van der Waals surface area contributed by atoms with Crippen molar-refractivity contribution in [3.05, 3.63) is 0 Å². The molecule has 3 heterocycles. The molecule has 1 aromatic rings. The standard InChI is InChI=1S/C14H24N6S/c1-2-15-12-17-13(16-9-11-5-8-21-10-11)19-14(18-12)20-6-3-4-7-20/h11H,2-10H2,1H3,(H2,15,16,17,18,19). The third kappa shape index (κ3) is 3.90. The zero-order valence-corrected chi connectivity index (χ0v) is 13.5. The van der Waals surface area contributed by atoms with E-state index in [0.717, 1.165) is 38.0 Å². The van der Waals surface area contributed by atoms with Crippen LogP contribution in [0.25, 0.3) is 0 Å². The van der Waals surface area contributed by atoms with Crippen molar-refractivity contribution in [2.75, 3.05) is 53.2 Å². The van der Waals surface area contributed by atoms with Crippen LogP contribution in [0.1, 0.15) is 26.2 Å². The summed E-state index contributed by atoms with van der Waals surface area (Å²) in [5.41, 5.74) is 0. The number of nitrogens with one attached hydrogen (secondary N) is 2. The summed E-state index contributed by atoms with van der Waals surface area (Å²) >= 11 is 2.04. The van der Waals surface area contributed by atoms with E-state index in [-0.39, 0.29) is 0 Å². The van der Waals surface area contributed by atoms with Crippen molar-refractivity contribution >= 4 is 29.6 Å². The van der Waals surface area contributed by atoms with Crippen LogP contribution in [0.4, 0.5) is 17.8 Å². The fourth-order valence-corrected chi connectivity index (χ4v) is 4.00. The molecule has 2 fully saturated rings. The summed E-state index contributed by atoms with van der Waals surface area (Å²) in [5, 5.41) is 6.61. The van der Waals surface area contributed by atoms with Gasteiger partial charge in [0.2, 0.25) is 17.8 Å². The Morgan fingerprint density at radius 2 is 1.90 bits per heavy atom. The van der Waals surface area contributed by atoms with E-state index < -0.39 is 0 Å². The van der Waals surface area contributed by atoms with E-state index in [9.17, 15) is 0 Å². The van der Waals surface area contributed by atoms with Crippen LogP contribution < -0.4 is 15.5 Å². The summed E-state index contributed by atoms with van der Waals surface area (Å²) < 4.78 is 0. The first-order valence-corrected chi connectivity index (χ1v) is 9.07. The number of nitrogens with zero attached hydrogens (tertiary/aromatic N) is 4. The summed E-state index contributed by atoms with van der Waals surface area (Å²) in [6, 6.07) is 0. The average molecular weight is 308 g/mol. The van der Waals surface area contributed by atoms with Crippen molar-refractivity contribution in [2.24, 2.45) is 5.92 Å². The summed E-state index contributed by atoms with van der Waals surface area (Å²) in [6.45, 7) is 5.94. The molecule has 1 unspecified atom stereocenters. The van der Waals surface area contributed by atoms with Gasteiger partial charge in [-0.1, -0.05) is 0 Å². The molecular formula is C14H24N6S. The maximum absolute atomic E-state index is 4.60. The normalized spacial score (nSPS) is 21.8. The van der Waals surface area contributed by atoms with Crippen LogP contribution >= 0.6 is 11.8 Å². The molecule has 1 aromatic heterocycles. The van der Waals surface area contributed by atoms with Crippen molar-refractivity contribution < 1.29 is 0 Å². The van der Waals surface area contributed by atoms with E-state index in [4.69, 9.17) is 0 Å². The van der Waals surface area contributed by atoms with Crippen LogP contribution in [0.2, 0.25) is 0 Å². The van der Waals surface area contributed by atoms with E-state index >= 15 is 0 Å². The third-order valence-corrected chi connectivity index (χ3v) is 5.15. The number of hydrogen-bond donors (Lipinski definition) is 2. The molecular weight excluding hydrogens is 284 g/mol. The molecule has 1 atom stereocenters. The smallest absolute Gasteiger partial charge is 0.231 e. The first-order chi connectivity index (χ1) is 10.3. The Labute approximate surface area is 130 Å². The van der Waals surface area contributed by atoms with Gasteiger partial charge in [0.1, 0.15) is 0 Å². The van der Waals surface area contributed by atoms with Gasteiger partial charge in [-0.25, -0.2) is 0 Å². The third-order valence-electron chi connectivity index (χ3n) is 3.92. The SMILES string of the molecule is CCNc1nc(NCC2CCSC2)nc(N2CCCC2)n1. The molecule has 0 aromatic carbocycles. The first kappa shape index (κ1) is 14.7. The lowest BCUT2D eigenvalue weighted by molar-refractivity contribution is 0.628. The van der Waals surface area contributed by atoms with Crippen LogP contribution in [0, 0.1) is 5.92 Å². The molecule has 2 aliphatic heterocycles. The van der Waals surface area contributed by atoms with E-state index in [2.05, 4.69) is 37.4 Å². The van der Waals surface area contributed by atoms with Crippen molar-refractivity contribution in [3.63, 3.8) is 0 Å². The van der Waals surface area contributed by atoms with Gasteiger partial charge < -0.3 is 15.5 Å². The Kier molecular flexibility index (Phi) is 5.00. The molecule has 0 saturated carbocycles. The number of anilines is 3. The maximum atomic E-state index is 4.60. The van der Waals surface area contributed by atoms with Crippen LogP contribution in [0.3, 0.4) is 0 Å². The molecule has 0 amide bonds. The summed E-state index contributed by atoms with van der Waals surface area (Å²) in [7, 11) is 0. The molecule has 0 radical (unpaired) electrons. The van der Waals surface area contributed by atoms with Crippen molar-refractivity contribution in [1.82, 2.24) is 15.0 Å². The lowest BCUT2D eigenvalue weighted by atomic mass is 10.1. The van der Waals surface area contributed by atoms with Crippen LogP contribution in [-0.4, -0.2) is 52.6 Å². The topological polar surface area (TPSA) is 66.0 Å². The quantitative estimate of drug-likeness (QED) is 0.834. The minimum Gasteiger partial charge on any atom is -0.354 e. The highest BCUT2D eigenvalue weighted by Gasteiger charge is 2.19. The average Bonchev–Trinajstić information content (AvgIpc) is 3.19. The molecule has 3 rings (SSSR count). The molecule has 2 aliphatic rings. The second kappa shape index (κ2) is 7.15. The van der Waals surface area contributed by atoms with Crippen LogP contribution in [-0.2, 0) is 0 Å².